The van der Waals surface area contributed by atoms with Crippen LogP contribution < -0.4 is 5.14 Å². The summed E-state index contributed by atoms with van der Waals surface area (Å²) in [6.07, 6.45) is 0. The van der Waals surface area contributed by atoms with E-state index in [0.29, 0.717) is 5.56 Å². The largest absolute Gasteiger partial charge is 0.508 e. The van der Waals surface area contributed by atoms with Gasteiger partial charge in [-0.3, -0.25) is 0 Å². The van der Waals surface area contributed by atoms with E-state index < -0.39 is 10.0 Å². The first-order valence-electron chi connectivity index (χ1n) is 4.90. The summed E-state index contributed by atoms with van der Waals surface area (Å²) in [6, 6.07) is 13.1. The minimum Gasteiger partial charge on any atom is -0.508 e. The lowest BCUT2D eigenvalue weighted by atomic mass is 10.1. The molecule has 0 aliphatic rings. The Bertz CT molecular complexity index is 636. The molecule has 0 atom stereocenters. The number of hydrogen-bond acceptors (Lipinski definition) is 3. The second-order valence-electron chi connectivity index (χ2n) is 3.59. The minimum absolute atomic E-state index is 0.0799. The van der Waals surface area contributed by atoms with Gasteiger partial charge in [0.05, 0.1) is 4.90 Å². The van der Waals surface area contributed by atoms with Crippen molar-refractivity contribution in [2.45, 2.75) is 4.90 Å². The normalized spacial score (nSPS) is 11.4. The van der Waals surface area contributed by atoms with Crippen LogP contribution in [0.5, 0.6) is 5.75 Å². The van der Waals surface area contributed by atoms with Crippen LogP contribution in [0.4, 0.5) is 0 Å². The average Bonchev–Trinajstić information content (AvgIpc) is 2.29. The summed E-state index contributed by atoms with van der Waals surface area (Å²) < 4.78 is 22.9. The van der Waals surface area contributed by atoms with Gasteiger partial charge >= 0.3 is 0 Å². The number of benzene rings is 2. The Morgan fingerprint density at radius 3 is 2.24 bits per heavy atom. The van der Waals surface area contributed by atoms with Crippen molar-refractivity contribution in [1.29, 1.82) is 0 Å². The second-order valence-corrected chi connectivity index (χ2v) is 5.12. The molecule has 0 bridgehead atoms. The highest BCUT2D eigenvalue weighted by atomic mass is 32.2. The zero-order valence-corrected chi connectivity index (χ0v) is 9.68. The number of nitrogens with two attached hydrogens (primary N) is 1. The van der Waals surface area contributed by atoms with Gasteiger partial charge in [-0.25, -0.2) is 13.6 Å². The Morgan fingerprint density at radius 1 is 1.00 bits per heavy atom. The smallest absolute Gasteiger partial charge is 0.238 e. The van der Waals surface area contributed by atoms with Crippen molar-refractivity contribution in [1.82, 2.24) is 0 Å². The van der Waals surface area contributed by atoms with Crippen LogP contribution in [0.3, 0.4) is 0 Å². The summed E-state index contributed by atoms with van der Waals surface area (Å²) in [7, 11) is -3.86. The van der Waals surface area contributed by atoms with E-state index >= 15 is 0 Å². The topological polar surface area (TPSA) is 80.4 Å². The van der Waals surface area contributed by atoms with Crippen molar-refractivity contribution in [3.8, 4) is 16.9 Å². The summed E-state index contributed by atoms with van der Waals surface area (Å²) in [5, 5.41) is 14.5. The van der Waals surface area contributed by atoms with E-state index in [1.807, 2.05) is 6.07 Å². The lowest BCUT2D eigenvalue weighted by Gasteiger charge is -2.08. The summed E-state index contributed by atoms with van der Waals surface area (Å²) in [5.41, 5.74) is 1.21. The summed E-state index contributed by atoms with van der Waals surface area (Å²) in [6.45, 7) is 0. The molecule has 4 nitrogen and oxygen atoms in total. The van der Waals surface area contributed by atoms with Crippen molar-refractivity contribution >= 4 is 10.0 Å². The Hall–Kier alpha value is -1.85. The van der Waals surface area contributed by atoms with Crippen LogP contribution in [0, 0.1) is 0 Å². The van der Waals surface area contributed by atoms with Crippen LogP contribution in [-0.2, 0) is 10.0 Å². The summed E-state index contributed by atoms with van der Waals surface area (Å²) in [4.78, 5) is -0.0799. The third-order valence-electron chi connectivity index (χ3n) is 2.36. The third kappa shape index (κ3) is 2.46. The van der Waals surface area contributed by atoms with Crippen molar-refractivity contribution in [3.05, 3.63) is 48.5 Å². The minimum atomic E-state index is -3.86. The molecule has 5 heteroatoms. The van der Waals surface area contributed by atoms with Crippen LogP contribution in [0.25, 0.3) is 11.1 Å². The number of rotatable bonds is 2. The van der Waals surface area contributed by atoms with Gasteiger partial charge in [0.25, 0.3) is 0 Å². The van der Waals surface area contributed by atoms with Crippen LogP contribution in [0.2, 0.25) is 0 Å². The number of phenols is 1. The van der Waals surface area contributed by atoms with Crippen molar-refractivity contribution < 1.29 is 13.5 Å². The molecule has 2 rings (SSSR count). The fraction of sp³-hybridized carbons (Fsp3) is 0. The number of phenolic OH excluding ortho intramolecular Hbond substituents is 1. The number of hydrogen-bond donors (Lipinski definition) is 2. The molecule has 0 heterocycles. The maximum Gasteiger partial charge on any atom is 0.238 e. The van der Waals surface area contributed by atoms with E-state index in [-0.39, 0.29) is 10.6 Å². The molecule has 0 aliphatic carbocycles. The molecule has 3 N–H and O–H groups in total. The van der Waals surface area contributed by atoms with Crippen molar-refractivity contribution in [2.24, 2.45) is 5.14 Å². The molecular weight excluding hydrogens is 238 g/mol. The molecule has 0 saturated carbocycles. The highest BCUT2D eigenvalue weighted by molar-refractivity contribution is 7.89. The molecule has 0 aromatic heterocycles. The number of sulfonamides is 1. The van der Waals surface area contributed by atoms with Crippen LogP contribution >= 0.6 is 0 Å². The first-order chi connectivity index (χ1) is 7.98. The maximum absolute atomic E-state index is 11.4. The molecule has 0 amide bonds. The first kappa shape index (κ1) is 11.6. The van der Waals surface area contributed by atoms with Crippen LogP contribution in [-0.4, -0.2) is 13.5 Å². The number of aromatic hydroxyl groups is 1. The van der Waals surface area contributed by atoms with Crippen molar-refractivity contribution in [2.75, 3.05) is 0 Å². The lowest BCUT2D eigenvalue weighted by Crippen LogP contribution is -2.13. The highest BCUT2D eigenvalue weighted by Crippen LogP contribution is 2.29. The first-order valence-corrected chi connectivity index (χ1v) is 6.44. The Kier molecular flexibility index (Phi) is 2.87. The van der Waals surface area contributed by atoms with E-state index in [1.54, 1.807) is 24.3 Å². The Morgan fingerprint density at radius 2 is 1.65 bits per heavy atom. The van der Waals surface area contributed by atoms with Gasteiger partial charge in [0.2, 0.25) is 10.0 Å². The SMILES string of the molecule is NS(=O)(=O)c1cc(O)ccc1-c1ccccc1. The van der Waals surface area contributed by atoms with Gasteiger partial charge in [-0.15, -0.1) is 0 Å². The Labute approximate surface area is 99.4 Å². The molecule has 17 heavy (non-hydrogen) atoms. The predicted molar refractivity (Wildman–Crippen MR) is 64.9 cm³/mol. The zero-order valence-electron chi connectivity index (χ0n) is 8.87. The van der Waals surface area contributed by atoms with Gasteiger partial charge in [-0.1, -0.05) is 30.3 Å². The maximum atomic E-state index is 11.4. The summed E-state index contributed by atoms with van der Waals surface area (Å²) in [5.74, 6) is -0.131. The fourth-order valence-corrected chi connectivity index (χ4v) is 2.38. The number of primary sulfonamides is 1. The predicted octanol–water partition coefficient (Wildman–Crippen LogP) is 1.71. The van der Waals surface area contributed by atoms with Gasteiger partial charge in [0, 0.05) is 11.6 Å². The van der Waals surface area contributed by atoms with Gasteiger partial charge in [-0.2, -0.15) is 0 Å². The van der Waals surface area contributed by atoms with Gasteiger partial charge in [0.15, 0.2) is 0 Å². The molecule has 0 unspecified atom stereocenters. The summed E-state index contributed by atoms with van der Waals surface area (Å²) >= 11 is 0. The lowest BCUT2D eigenvalue weighted by molar-refractivity contribution is 0.473. The average molecular weight is 249 g/mol. The van der Waals surface area contributed by atoms with E-state index in [2.05, 4.69) is 0 Å². The molecule has 0 aliphatic heterocycles. The standard InChI is InChI=1S/C12H11NO3S/c13-17(15,16)12-8-10(14)6-7-11(12)9-4-2-1-3-5-9/h1-8,14H,(H2,13,15,16). The molecular formula is C12H11NO3S. The van der Waals surface area contributed by atoms with Crippen molar-refractivity contribution in [3.63, 3.8) is 0 Å². The van der Waals surface area contributed by atoms with E-state index in [0.717, 1.165) is 11.6 Å². The second kappa shape index (κ2) is 4.20. The molecule has 0 fully saturated rings. The van der Waals surface area contributed by atoms with Gasteiger partial charge in [-0.05, 0) is 17.7 Å². The molecule has 2 aromatic carbocycles. The molecule has 2 aromatic rings. The fourth-order valence-electron chi connectivity index (χ4n) is 1.60. The highest BCUT2D eigenvalue weighted by Gasteiger charge is 2.15. The zero-order chi connectivity index (χ0) is 12.5. The molecule has 0 saturated heterocycles. The Balaban J connectivity index is 2.71. The van der Waals surface area contributed by atoms with E-state index in [1.165, 1.54) is 12.1 Å². The molecule has 0 spiro atoms. The monoisotopic (exact) mass is 249 g/mol. The molecule has 0 radical (unpaired) electrons. The third-order valence-corrected chi connectivity index (χ3v) is 3.31. The van der Waals surface area contributed by atoms with E-state index in [9.17, 15) is 13.5 Å². The van der Waals surface area contributed by atoms with Gasteiger partial charge in [0.1, 0.15) is 5.75 Å². The van der Waals surface area contributed by atoms with Gasteiger partial charge < -0.3 is 5.11 Å². The quantitative estimate of drug-likeness (QED) is 0.850. The molecule has 88 valence electrons. The van der Waals surface area contributed by atoms with Crippen LogP contribution in [0.15, 0.2) is 53.4 Å². The van der Waals surface area contributed by atoms with E-state index in [4.69, 9.17) is 5.14 Å². The van der Waals surface area contributed by atoms with Crippen LogP contribution in [0.1, 0.15) is 0 Å².